The molecule has 1 saturated heterocycles. The van der Waals surface area contributed by atoms with Gasteiger partial charge in [0.1, 0.15) is 5.69 Å². The highest BCUT2D eigenvalue weighted by Gasteiger charge is 2.12. The van der Waals surface area contributed by atoms with Crippen LogP contribution in [0.1, 0.15) is 10.5 Å². The monoisotopic (exact) mass is 247 g/mol. The summed E-state index contributed by atoms with van der Waals surface area (Å²) in [5, 5.41) is 2.69. The number of morpholine rings is 1. The topological polar surface area (TPSA) is 54.5 Å². The molecule has 0 bridgehead atoms. The fraction of sp³-hybridized carbons (Fsp3) is 0.385. The van der Waals surface area contributed by atoms with Gasteiger partial charge in [-0.15, -0.1) is 6.58 Å². The van der Waals surface area contributed by atoms with Crippen molar-refractivity contribution in [3.05, 3.63) is 36.7 Å². The van der Waals surface area contributed by atoms with Crippen molar-refractivity contribution in [2.24, 2.45) is 0 Å². The first-order valence-electron chi connectivity index (χ1n) is 5.99. The van der Waals surface area contributed by atoms with E-state index in [0.717, 1.165) is 32.0 Å². The van der Waals surface area contributed by atoms with E-state index in [-0.39, 0.29) is 5.91 Å². The summed E-state index contributed by atoms with van der Waals surface area (Å²) in [7, 11) is 0. The third kappa shape index (κ3) is 3.07. The Balaban J connectivity index is 2.00. The van der Waals surface area contributed by atoms with Crippen LogP contribution >= 0.6 is 0 Å². The quantitative estimate of drug-likeness (QED) is 0.801. The summed E-state index contributed by atoms with van der Waals surface area (Å²) in [5.41, 5.74) is 1.45. The highest BCUT2D eigenvalue weighted by molar-refractivity contribution is 5.92. The first-order valence-corrected chi connectivity index (χ1v) is 5.99. The summed E-state index contributed by atoms with van der Waals surface area (Å²) in [5.74, 6) is -0.177. The van der Waals surface area contributed by atoms with Crippen LogP contribution in [0.15, 0.2) is 31.0 Å². The van der Waals surface area contributed by atoms with Gasteiger partial charge in [-0.3, -0.25) is 4.79 Å². The molecule has 0 spiro atoms. The van der Waals surface area contributed by atoms with Crippen molar-refractivity contribution >= 4 is 11.6 Å². The zero-order valence-electron chi connectivity index (χ0n) is 10.3. The third-order valence-corrected chi connectivity index (χ3v) is 2.76. The average molecular weight is 247 g/mol. The van der Waals surface area contributed by atoms with Gasteiger partial charge in [0.25, 0.3) is 5.91 Å². The number of amides is 1. The Kier molecular flexibility index (Phi) is 4.30. The largest absolute Gasteiger partial charge is 0.378 e. The van der Waals surface area contributed by atoms with E-state index in [0.29, 0.717) is 12.2 Å². The summed E-state index contributed by atoms with van der Waals surface area (Å²) < 4.78 is 5.29. The van der Waals surface area contributed by atoms with Gasteiger partial charge in [0.15, 0.2) is 0 Å². The van der Waals surface area contributed by atoms with Crippen molar-refractivity contribution in [3.63, 3.8) is 0 Å². The average Bonchev–Trinajstić information content (AvgIpc) is 2.46. The highest BCUT2D eigenvalue weighted by Crippen LogP contribution is 2.14. The first kappa shape index (κ1) is 12.6. The van der Waals surface area contributed by atoms with Crippen molar-refractivity contribution in [3.8, 4) is 0 Å². The maximum absolute atomic E-state index is 11.6. The summed E-state index contributed by atoms with van der Waals surface area (Å²) in [6.45, 7) is 7.20. The molecule has 0 aromatic carbocycles. The molecule has 0 radical (unpaired) electrons. The number of nitrogens with one attached hydrogen (secondary N) is 1. The number of hydrogen-bond donors (Lipinski definition) is 1. The third-order valence-electron chi connectivity index (χ3n) is 2.76. The van der Waals surface area contributed by atoms with E-state index in [2.05, 4.69) is 21.8 Å². The lowest BCUT2D eigenvalue weighted by Crippen LogP contribution is -2.36. The molecule has 2 rings (SSSR count). The second kappa shape index (κ2) is 6.16. The molecule has 1 amide bonds. The predicted molar refractivity (Wildman–Crippen MR) is 69.8 cm³/mol. The molecular formula is C13H17N3O2. The number of rotatable bonds is 4. The molecule has 0 aliphatic carbocycles. The minimum absolute atomic E-state index is 0.177. The molecule has 1 fully saturated rings. The van der Waals surface area contributed by atoms with Crippen LogP contribution in [0.25, 0.3) is 0 Å². The van der Waals surface area contributed by atoms with Crippen molar-refractivity contribution < 1.29 is 9.53 Å². The smallest absolute Gasteiger partial charge is 0.270 e. The van der Waals surface area contributed by atoms with E-state index in [4.69, 9.17) is 4.74 Å². The van der Waals surface area contributed by atoms with Crippen molar-refractivity contribution in [1.82, 2.24) is 10.3 Å². The van der Waals surface area contributed by atoms with E-state index in [1.54, 1.807) is 18.3 Å². The molecule has 0 saturated carbocycles. The zero-order chi connectivity index (χ0) is 12.8. The van der Waals surface area contributed by atoms with Crippen LogP contribution in [0.5, 0.6) is 0 Å². The van der Waals surface area contributed by atoms with Gasteiger partial charge in [-0.25, -0.2) is 4.98 Å². The number of hydrogen-bond acceptors (Lipinski definition) is 4. The van der Waals surface area contributed by atoms with Crippen LogP contribution in [0.4, 0.5) is 5.69 Å². The van der Waals surface area contributed by atoms with Crippen LogP contribution < -0.4 is 10.2 Å². The molecule has 0 atom stereocenters. The van der Waals surface area contributed by atoms with Crippen LogP contribution in [-0.4, -0.2) is 43.7 Å². The fourth-order valence-corrected chi connectivity index (χ4v) is 1.78. The Morgan fingerprint density at radius 3 is 2.89 bits per heavy atom. The zero-order valence-corrected chi connectivity index (χ0v) is 10.3. The lowest BCUT2D eigenvalue weighted by atomic mass is 10.3. The summed E-state index contributed by atoms with van der Waals surface area (Å²) >= 11 is 0. The lowest BCUT2D eigenvalue weighted by Gasteiger charge is -2.28. The van der Waals surface area contributed by atoms with Gasteiger partial charge in [0, 0.05) is 19.6 Å². The summed E-state index contributed by atoms with van der Waals surface area (Å²) in [4.78, 5) is 18.0. The number of ether oxygens (including phenoxy) is 1. The van der Waals surface area contributed by atoms with Gasteiger partial charge >= 0.3 is 0 Å². The van der Waals surface area contributed by atoms with E-state index >= 15 is 0 Å². The molecule has 1 aromatic rings. The molecule has 18 heavy (non-hydrogen) atoms. The van der Waals surface area contributed by atoms with Crippen molar-refractivity contribution in [1.29, 1.82) is 0 Å². The minimum Gasteiger partial charge on any atom is -0.378 e. The maximum atomic E-state index is 11.6. The molecule has 96 valence electrons. The van der Waals surface area contributed by atoms with Gasteiger partial charge in [-0.2, -0.15) is 0 Å². The van der Waals surface area contributed by atoms with Gasteiger partial charge < -0.3 is 15.0 Å². The number of anilines is 1. The van der Waals surface area contributed by atoms with Gasteiger partial charge in [0.05, 0.1) is 25.1 Å². The molecule has 5 nitrogen and oxygen atoms in total. The Morgan fingerprint density at radius 1 is 1.50 bits per heavy atom. The van der Waals surface area contributed by atoms with Crippen molar-refractivity contribution in [2.75, 3.05) is 37.7 Å². The predicted octanol–water partition coefficient (Wildman–Crippen LogP) is 0.834. The van der Waals surface area contributed by atoms with E-state index in [1.807, 2.05) is 6.07 Å². The molecule has 1 N–H and O–H groups in total. The number of nitrogens with zero attached hydrogens (tertiary/aromatic N) is 2. The molecule has 2 heterocycles. The minimum atomic E-state index is -0.177. The normalized spacial score (nSPS) is 15.2. The second-order valence-electron chi connectivity index (χ2n) is 4.00. The molecule has 5 heteroatoms. The summed E-state index contributed by atoms with van der Waals surface area (Å²) in [6.07, 6.45) is 3.37. The fourth-order valence-electron chi connectivity index (χ4n) is 1.78. The van der Waals surface area contributed by atoms with Crippen LogP contribution in [0, 0.1) is 0 Å². The Hall–Kier alpha value is -1.88. The van der Waals surface area contributed by atoms with Crippen LogP contribution in [0.2, 0.25) is 0 Å². The van der Waals surface area contributed by atoms with Gasteiger partial charge in [-0.05, 0) is 12.1 Å². The van der Waals surface area contributed by atoms with E-state index < -0.39 is 0 Å². The molecule has 1 aromatic heterocycles. The van der Waals surface area contributed by atoms with E-state index in [9.17, 15) is 4.79 Å². The Bertz CT molecular complexity index is 411. The number of carbonyl (C=O) groups excluding carboxylic acids is 1. The molecule has 1 aliphatic rings. The molecule has 0 unspecified atom stereocenters. The number of carbonyl (C=O) groups is 1. The summed E-state index contributed by atoms with van der Waals surface area (Å²) in [6, 6.07) is 3.66. The first-order chi connectivity index (χ1) is 8.81. The molecular weight excluding hydrogens is 230 g/mol. The van der Waals surface area contributed by atoms with Crippen LogP contribution in [0.3, 0.4) is 0 Å². The Morgan fingerprint density at radius 2 is 2.28 bits per heavy atom. The van der Waals surface area contributed by atoms with Gasteiger partial charge in [-0.1, -0.05) is 6.08 Å². The van der Waals surface area contributed by atoms with Crippen LogP contribution in [-0.2, 0) is 4.74 Å². The second-order valence-corrected chi connectivity index (χ2v) is 4.00. The Labute approximate surface area is 106 Å². The number of aromatic nitrogens is 1. The van der Waals surface area contributed by atoms with Crippen molar-refractivity contribution in [2.45, 2.75) is 0 Å². The van der Waals surface area contributed by atoms with Gasteiger partial charge in [0.2, 0.25) is 0 Å². The lowest BCUT2D eigenvalue weighted by molar-refractivity contribution is 0.0953. The van der Waals surface area contributed by atoms with E-state index in [1.165, 1.54) is 0 Å². The maximum Gasteiger partial charge on any atom is 0.270 e. The number of pyridine rings is 1. The standard InChI is InChI=1S/C13H17N3O2/c1-2-5-14-13(17)12-4-3-11(10-15-12)16-6-8-18-9-7-16/h2-4,10H,1,5-9H2,(H,14,17). The highest BCUT2D eigenvalue weighted by atomic mass is 16.5. The molecule has 1 aliphatic heterocycles. The SMILES string of the molecule is C=CCNC(=O)c1ccc(N2CCOCC2)cn1.